The quantitative estimate of drug-likeness (QED) is 0.705. The molecule has 0 spiro atoms. The molecule has 1 fully saturated rings. The average Bonchev–Trinajstić information content (AvgIpc) is 2.87. The maximum Gasteiger partial charge on any atom is 0.251 e. The summed E-state index contributed by atoms with van der Waals surface area (Å²) < 4.78 is 19.0. The number of carbonyl (C=O) groups excluding carboxylic acids is 2. The van der Waals surface area contributed by atoms with Gasteiger partial charge < -0.3 is 19.9 Å². The van der Waals surface area contributed by atoms with Crippen molar-refractivity contribution in [3.63, 3.8) is 0 Å². The standard InChI is InChI=1S/C26H28FN3O3/c27-22-8-6-21(7-9-22)26(32)28-18-25(31)30-16-14-29(15-17-30)23-10-12-24(13-11-23)33-19-20-4-2-1-3-5-20/h1-8,10-13,22H,9,14-19H2,(H,28,32). The molecule has 1 heterocycles. The van der Waals surface area contributed by atoms with Crippen molar-refractivity contribution in [2.75, 3.05) is 37.6 Å². The van der Waals surface area contributed by atoms with E-state index in [1.54, 1.807) is 11.0 Å². The van der Waals surface area contributed by atoms with E-state index < -0.39 is 6.17 Å². The maximum absolute atomic E-state index is 13.1. The molecule has 6 nitrogen and oxygen atoms in total. The third-order valence-electron chi connectivity index (χ3n) is 5.79. The predicted molar refractivity (Wildman–Crippen MR) is 126 cm³/mol. The molecule has 0 bridgehead atoms. The molecule has 172 valence electrons. The lowest BCUT2D eigenvalue weighted by Crippen LogP contribution is -2.51. The van der Waals surface area contributed by atoms with Gasteiger partial charge >= 0.3 is 0 Å². The number of amides is 2. The van der Waals surface area contributed by atoms with E-state index in [0.29, 0.717) is 25.3 Å². The van der Waals surface area contributed by atoms with Gasteiger partial charge in [0, 0.05) is 43.9 Å². The van der Waals surface area contributed by atoms with Crippen LogP contribution in [0.4, 0.5) is 10.1 Å². The van der Waals surface area contributed by atoms with Crippen molar-refractivity contribution in [1.29, 1.82) is 0 Å². The van der Waals surface area contributed by atoms with E-state index >= 15 is 0 Å². The fourth-order valence-corrected chi connectivity index (χ4v) is 3.84. The van der Waals surface area contributed by atoms with Crippen LogP contribution in [-0.4, -0.2) is 55.6 Å². The number of carbonyl (C=O) groups is 2. The van der Waals surface area contributed by atoms with Crippen molar-refractivity contribution in [3.8, 4) is 5.75 Å². The Bertz CT molecular complexity index is 1010. The zero-order chi connectivity index (χ0) is 23.0. The summed E-state index contributed by atoms with van der Waals surface area (Å²) in [6.45, 7) is 3.09. The zero-order valence-corrected chi connectivity index (χ0v) is 18.5. The molecule has 1 unspecified atom stereocenters. The Morgan fingerprint density at radius 1 is 1.00 bits per heavy atom. The Balaban J connectivity index is 1.20. The van der Waals surface area contributed by atoms with Crippen LogP contribution in [0.25, 0.3) is 0 Å². The molecular weight excluding hydrogens is 421 g/mol. The maximum atomic E-state index is 13.1. The number of nitrogens with zero attached hydrogens (tertiary/aromatic N) is 2. The normalized spacial score (nSPS) is 18.0. The van der Waals surface area contributed by atoms with Crippen LogP contribution >= 0.6 is 0 Å². The van der Waals surface area contributed by atoms with Crippen molar-refractivity contribution in [2.45, 2.75) is 19.2 Å². The third kappa shape index (κ3) is 6.22. The van der Waals surface area contributed by atoms with Crippen LogP contribution in [0.15, 0.2) is 78.4 Å². The van der Waals surface area contributed by atoms with Gasteiger partial charge in [-0.25, -0.2) is 4.39 Å². The van der Waals surface area contributed by atoms with E-state index in [2.05, 4.69) is 10.2 Å². The number of benzene rings is 2. The highest BCUT2D eigenvalue weighted by Crippen LogP contribution is 2.21. The minimum absolute atomic E-state index is 0.0590. The molecule has 2 aromatic rings. The number of piperazine rings is 1. The van der Waals surface area contributed by atoms with E-state index in [0.717, 1.165) is 30.1 Å². The molecule has 2 aliphatic rings. The van der Waals surface area contributed by atoms with Gasteiger partial charge in [-0.3, -0.25) is 9.59 Å². The van der Waals surface area contributed by atoms with Gasteiger partial charge in [0.15, 0.2) is 0 Å². The summed E-state index contributed by atoms with van der Waals surface area (Å²) in [5.74, 6) is 0.355. The highest BCUT2D eigenvalue weighted by Gasteiger charge is 2.22. The average molecular weight is 450 g/mol. The summed E-state index contributed by atoms with van der Waals surface area (Å²) in [5.41, 5.74) is 2.61. The molecule has 0 radical (unpaired) electrons. The lowest BCUT2D eigenvalue weighted by molar-refractivity contribution is -0.132. The number of hydrogen-bond donors (Lipinski definition) is 1. The minimum atomic E-state index is -1.04. The van der Waals surface area contributed by atoms with Crippen molar-refractivity contribution in [1.82, 2.24) is 10.2 Å². The molecule has 2 amide bonds. The van der Waals surface area contributed by atoms with E-state index in [1.165, 1.54) is 12.2 Å². The van der Waals surface area contributed by atoms with Gasteiger partial charge in [-0.2, -0.15) is 0 Å². The van der Waals surface area contributed by atoms with Gasteiger partial charge in [0.1, 0.15) is 18.5 Å². The lowest BCUT2D eigenvalue weighted by Gasteiger charge is -2.36. The van der Waals surface area contributed by atoms with Crippen LogP contribution in [0.2, 0.25) is 0 Å². The topological polar surface area (TPSA) is 61.9 Å². The Kier molecular flexibility index (Phi) is 7.40. The fourth-order valence-electron chi connectivity index (χ4n) is 3.84. The van der Waals surface area contributed by atoms with E-state index in [4.69, 9.17) is 4.74 Å². The second-order valence-corrected chi connectivity index (χ2v) is 8.09. The summed E-state index contributed by atoms with van der Waals surface area (Å²) >= 11 is 0. The van der Waals surface area contributed by atoms with Crippen LogP contribution < -0.4 is 15.0 Å². The smallest absolute Gasteiger partial charge is 0.251 e. The van der Waals surface area contributed by atoms with E-state index in [-0.39, 0.29) is 24.8 Å². The second kappa shape index (κ2) is 10.8. The number of anilines is 1. The monoisotopic (exact) mass is 449 g/mol. The summed E-state index contributed by atoms with van der Waals surface area (Å²) in [6.07, 6.45) is 3.52. The fraction of sp³-hybridized carbons (Fsp3) is 0.308. The van der Waals surface area contributed by atoms with Gasteiger partial charge in [-0.1, -0.05) is 42.5 Å². The van der Waals surface area contributed by atoms with E-state index in [1.807, 2.05) is 54.6 Å². The first-order valence-electron chi connectivity index (χ1n) is 11.2. The molecule has 1 N–H and O–H groups in total. The number of allylic oxidation sites excluding steroid dienone is 2. The highest BCUT2D eigenvalue weighted by molar-refractivity contribution is 5.98. The molecule has 1 atom stereocenters. The Labute approximate surface area is 193 Å². The van der Waals surface area contributed by atoms with Gasteiger partial charge in [0.25, 0.3) is 5.91 Å². The molecule has 4 rings (SSSR count). The minimum Gasteiger partial charge on any atom is -0.489 e. The Morgan fingerprint density at radius 3 is 2.39 bits per heavy atom. The summed E-state index contributed by atoms with van der Waals surface area (Å²) in [5, 5.41) is 2.64. The van der Waals surface area contributed by atoms with Gasteiger partial charge in [-0.15, -0.1) is 0 Å². The van der Waals surface area contributed by atoms with Crippen molar-refractivity contribution in [3.05, 3.63) is 84.0 Å². The largest absolute Gasteiger partial charge is 0.489 e. The number of ether oxygens (including phenoxy) is 1. The van der Waals surface area contributed by atoms with Gasteiger partial charge in [-0.05, 0) is 35.9 Å². The van der Waals surface area contributed by atoms with E-state index in [9.17, 15) is 14.0 Å². The molecule has 1 aliphatic heterocycles. The van der Waals surface area contributed by atoms with Gasteiger partial charge in [0.05, 0.1) is 6.54 Å². The predicted octanol–water partition coefficient (Wildman–Crippen LogP) is 3.25. The molecule has 0 aromatic heterocycles. The molecule has 2 aromatic carbocycles. The lowest BCUT2D eigenvalue weighted by atomic mass is 10.1. The van der Waals surface area contributed by atoms with Crippen molar-refractivity contribution < 1.29 is 18.7 Å². The van der Waals surface area contributed by atoms with Crippen molar-refractivity contribution in [2.24, 2.45) is 0 Å². The first-order chi connectivity index (χ1) is 16.1. The Hall–Kier alpha value is -3.61. The number of nitrogens with one attached hydrogen (secondary N) is 1. The summed E-state index contributed by atoms with van der Waals surface area (Å²) in [6, 6.07) is 18.0. The van der Waals surface area contributed by atoms with Crippen LogP contribution in [0.5, 0.6) is 5.75 Å². The number of hydrogen-bond acceptors (Lipinski definition) is 4. The van der Waals surface area contributed by atoms with Gasteiger partial charge in [0.2, 0.25) is 5.91 Å². The molecule has 1 aliphatic carbocycles. The third-order valence-corrected chi connectivity index (χ3v) is 5.79. The van der Waals surface area contributed by atoms with Crippen LogP contribution in [0.1, 0.15) is 12.0 Å². The summed E-state index contributed by atoms with van der Waals surface area (Å²) in [4.78, 5) is 28.6. The highest BCUT2D eigenvalue weighted by atomic mass is 19.1. The number of alkyl halides is 1. The number of rotatable bonds is 7. The number of halogens is 1. The van der Waals surface area contributed by atoms with Crippen molar-refractivity contribution >= 4 is 17.5 Å². The molecule has 7 heteroatoms. The van der Waals surface area contributed by atoms with Crippen LogP contribution in [0.3, 0.4) is 0 Å². The first kappa shape index (κ1) is 22.6. The second-order valence-electron chi connectivity index (χ2n) is 8.09. The van der Waals surface area contributed by atoms with Crippen LogP contribution in [0, 0.1) is 0 Å². The SMILES string of the molecule is O=C(NCC(=O)N1CCN(c2ccc(OCc3ccccc3)cc2)CC1)C1=CCC(F)C=C1. The molecular formula is C26H28FN3O3. The molecule has 33 heavy (non-hydrogen) atoms. The molecule has 1 saturated heterocycles. The zero-order valence-electron chi connectivity index (χ0n) is 18.5. The first-order valence-corrected chi connectivity index (χ1v) is 11.2. The summed E-state index contributed by atoms with van der Waals surface area (Å²) in [7, 11) is 0. The Morgan fingerprint density at radius 2 is 1.73 bits per heavy atom. The van der Waals surface area contributed by atoms with Crippen LogP contribution in [-0.2, 0) is 16.2 Å². The molecule has 0 saturated carbocycles.